The summed E-state index contributed by atoms with van der Waals surface area (Å²) in [4.78, 5) is 0. The van der Waals surface area contributed by atoms with Crippen molar-refractivity contribution in [2.24, 2.45) is 0 Å². The van der Waals surface area contributed by atoms with E-state index < -0.39 is 0 Å². The summed E-state index contributed by atoms with van der Waals surface area (Å²) in [6.45, 7) is 0. The molecular weight excluding hydrogens is 677 g/mol. The van der Waals surface area contributed by atoms with E-state index in [-0.39, 0.29) is 0 Å². The lowest BCUT2D eigenvalue weighted by Gasteiger charge is -2.14. The molecule has 0 amide bonds. The first-order valence-corrected chi connectivity index (χ1v) is 19.3. The third-order valence-corrected chi connectivity index (χ3v) is 11.3. The highest BCUT2D eigenvalue weighted by molar-refractivity contribution is 6.10. The van der Waals surface area contributed by atoms with E-state index in [2.05, 4.69) is 228 Å². The lowest BCUT2D eigenvalue weighted by Crippen LogP contribution is -1.94. The number of hydrogen-bond acceptors (Lipinski definition) is 0. The minimum absolute atomic E-state index is 1.15. The van der Waals surface area contributed by atoms with E-state index in [1.165, 1.54) is 88.1 Å². The lowest BCUT2D eigenvalue weighted by molar-refractivity contribution is 1.18. The van der Waals surface area contributed by atoms with Crippen molar-refractivity contribution in [2.75, 3.05) is 0 Å². The minimum Gasteiger partial charge on any atom is -0.309 e. The van der Waals surface area contributed by atoms with Gasteiger partial charge < -0.3 is 9.13 Å². The number of nitrogens with zero attached hydrogens (tertiary/aromatic N) is 2. The van der Waals surface area contributed by atoms with Gasteiger partial charge in [-0.05, 0) is 111 Å². The van der Waals surface area contributed by atoms with E-state index in [9.17, 15) is 0 Å². The Morgan fingerprint density at radius 3 is 0.786 bits per heavy atom. The van der Waals surface area contributed by atoms with Crippen LogP contribution in [0.2, 0.25) is 0 Å². The summed E-state index contributed by atoms with van der Waals surface area (Å²) in [5, 5.41) is 5.08. The van der Waals surface area contributed by atoms with Crippen LogP contribution in [0.25, 0.3) is 99.5 Å². The van der Waals surface area contributed by atoms with Gasteiger partial charge in [0.15, 0.2) is 0 Å². The fourth-order valence-electron chi connectivity index (χ4n) is 8.62. The molecule has 0 fully saturated rings. The summed E-state index contributed by atoms with van der Waals surface area (Å²) in [5.74, 6) is 0. The Hall–Kier alpha value is -7.42. The van der Waals surface area contributed by atoms with Crippen LogP contribution in [0, 0.1) is 0 Å². The Labute approximate surface area is 325 Å². The third-order valence-electron chi connectivity index (χ3n) is 11.3. The fourth-order valence-corrected chi connectivity index (χ4v) is 8.62. The molecule has 0 saturated heterocycles. The number of para-hydroxylation sites is 4. The average Bonchev–Trinajstić information content (AvgIpc) is 3.80. The quantitative estimate of drug-likeness (QED) is 0.162. The predicted octanol–water partition coefficient (Wildman–Crippen LogP) is 14.5. The van der Waals surface area contributed by atoms with Gasteiger partial charge in [-0.3, -0.25) is 0 Å². The molecule has 9 aromatic carbocycles. The van der Waals surface area contributed by atoms with Crippen LogP contribution < -0.4 is 0 Å². The van der Waals surface area contributed by atoms with Gasteiger partial charge in [-0.1, -0.05) is 152 Å². The second-order valence-electron chi connectivity index (χ2n) is 14.6. The highest BCUT2D eigenvalue weighted by Crippen LogP contribution is 2.37. The Bertz CT molecular complexity index is 2920. The molecule has 2 heterocycles. The monoisotopic (exact) mass is 712 g/mol. The van der Waals surface area contributed by atoms with Gasteiger partial charge in [0.1, 0.15) is 0 Å². The van der Waals surface area contributed by atoms with Crippen LogP contribution in [0.5, 0.6) is 0 Å². The summed E-state index contributed by atoms with van der Waals surface area (Å²) in [6, 6.07) is 79.4. The molecule has 0 spiro atoms. The molecule has 0 atom stereocenters. The highest BCUT2D eigenvalue weighted by atomic mass is 15.0. The predicted molar refractivity (Wildman–Crippen MR) is 237 cm³/mol. The maximum atomic E-state index is 2.38. The zero-order chi connectivity index (χ0) is 37.0. The molecule has 0 aliphatic heterocycles. The standard InChI is InChI=1S/C54H36N2/c1-2-12-37(13-3-1)38-22-24-39(25-23-38)42-34-43(40-26-30-45(31-27-40)55-51-18-8-4-14-47(51)48-15-5-9-19-52(48)55)36-44(35-42)41-28-32-46(33-29-41)56-53-20-10-6-16-49(53)50-17-7-11-21-54(50)56/h1-36H. The number of hydrogen-bond donors (Lipinski definition) is 0. The Balaban J connectivity index is 1.02. The minimum atomic E-state index is 1.15. The van der Waals surface area contributed by atoms with Crippen molar-refractivity contribution in [1.82, 2.24) is 9.13 Å². The largest absolute Gasteiger partial charge is 0.309 e. The van der Waals surface area contributed by atoms with Crippen molar-refractivity contribution in [3.8, 4) is 55.9 Å². The van der Waals surface area contributed by atoms with E-state index >= 15 is 0 Å². The van der Waals surface area contributed by atoms with Gasteiger partial charge in [-0.15, -0.1) is 0 Å². The van der Waals surface area contributed by atoms with Crippen molar-refractivity contribution < 1.29 is 0 Å². The van der Waals surface area contributed by atoms with Crippen molar-refractivity contribution >= 4 is 43.6 Å². The number of fused-ring (bicyclic) bond motifs is 6. The lowest BCUT2D eigenvalue weighted by atomic mass is 9.92. The van der Waals surface area contributed by atoms with Gasteiger partial charge in [0, 0.05) is 32.9 Å². The first-order valence-electron chi connectivity index (χ1n) is 19.3. The summed E-state index contributed by atoms with van der Waals surface area (Å²) in [5.41, 5.74) is 16.7. The molecule has 0 aliphatic carbocycles. The Morgan fingerprint density at radius 1 is 0.196 bits per heavy atom. The normalized spacial score (nSPS) is 11.6. The Kier molecular flexibility index (Phi) is 7.53. The summed E-state index contributed by atoms with van der Waals surface area (Å²) in [6.07, 6.45) is 0. The van der Waals surface area contributed by atoms with Crippen molar-refractivity contribution in [3.05, 3.63) is 218 Å². The second-order valence-corrected chi connectivity index (χ2v) is 14.6. The average molecular weight is 713 g/mol. The molecule has 2 nitrogen and oxygen atoms in total. The summed E-state index contributed by atoms with van der Waals surface area (Å²) in [7, 11) is 0. The van der Waals surface area contributed by atoms with Crippen molar-refractivity contribution in [2.45, 2.75) is 0 Å². The van der Waals surface area contributed by atoms with Crippen LogP contribution in [0.1, 0.15) is 0 Å². The number of rotatable bonds is 6. The second kappa shape index (κ2) is 13.2. The molecule has 56 heavy (non-hydrogen) atoms. The van der Waals surface area contributed by atoms with Gasteiger partial charge in [-0.2, -0.15) is 0 Å². The number of benzene rings is 9. The van der Waals surface area contributed by atoms with Gasteiger partial charge in [0.2, 0.25) is 0 Å². The molecule has 0 saturated carbocycles. The van der Waals surface area contributed by atoms with Gasteiger partial charge in [0.05, 0.1) is 22.1 Å². The molecule has 0 radical (unpaired) electrons. The molecule has 11 rings (SSSR count). The molecule has 2 heteroatoms. The molecule has 0 unspecified atom stereocenters. The zero-order valence-corrected chi connectivity index (χ0v) is 30.7. The molecule has 2 aromatic heterocycles. The van der Waals surface area contributed by atoms with E-state index in [0.717, 1.165) is 11.4 Å². The summed E-state index contributed by atoms with van der Waals surface area (Å²) >= 11 is 0. The van der Waals surface area contributed by atoms with Gasteiger partial charge in [-0.25, -0.2) is 0 Å². The van der Waals surface area contributed by atoms with Crippen LogP contribution in [0.15, 0.2) is 218 Å². The van der Waals surface area contributed by atoms with Crippen molar-refractivity contribution in [1.29, 1.82) is 0 Å². The van der Waals surface area contributed by atoms with Crippen molar-refractivity contribution in [3.63, 3.8) is 0 Å². The van der Waals surface area contributed by atoms with Crippen LogP contribution >= 0.6 is 0 Å². The molecule has 11 aromatic rings. The molecule has 262 valence electrons. The van der Waals surface area contributed by atoms with Crippen LogP contribution in [-0.4, -0.2) is 9.13 Å². The maximum absolute atomic E-state index is 2.38. The molecule has 0 aliphatic rings. The smallest absolute Gasteiger partial charge is 0.0541 e. The zero-order valence-electron chi connectivity index (χ0n) is 30.7. The number of aromatic nitrogens is 2. The van der Waals surface area contributed by atoms with E-state index in [1.54, 1.807) is 0 Å². The maximum Gasteiger partial charge on any atom is 0.0541 e. The van der Waals surface area contributed by atoms with Gasteiger partial charge in [0.25, 0.3) is 0 Å². The summed E-state index contributed by atoms with van der Waals surface area (Å²) < 4.78 is 4.76. The molecule has 0 bridgehead atoms. The Morgan fingerprint density at radius 2 is 0.446 bits per heavy atom. The molecule has 0 N–H and O–H groups in total. The van der Waals surface area contributed by atoms with E-state index in [1.807, 2.05) is 0 Å². The first-order chi connectivity index (χ1) is 27.8. The van der Waals surface area contributed by atoms with Crippen LogP contribution in [0.4, 0.5) is 0 Å². The van der Waals surface area contributed by atoms with E-state index in [0.29, 0.717) is 0 Å². The first kappa shape index (κ1) is 32.0. The van der Waals surface area contributed by atoms with E-state index in [4.69, 9.17) is 0 Å². The van der Waals surface area contributed by atoms with Crippen LogP contribution in [0.3, 0.4) is 0 Å². The highest BCUT2D eigenvalue weighted by Gasteiger charge is 2.15. The molecular formula is C54H36N2. The fraction of sp³-hybridized carbons (Fsp3) is 0. The topological polar surface area (TPSA) is 9.86 Å². The third kappa shape index (κ3) is 5.34. The SMILES string of the molecule is c1ccc(-c2ccc(-c3cc(-c4ccc(-n5c6ccccc6c6ccccc65)cc4)cc(-c4ccc(-n5c6ccccc6c6ccccc65)cc4)c3)cc2)cc1. The van der Waals surface area contributed by atoms with Crippen LogP contribution in [-0.2, 0) is 0 Å². The van der Waals surface area contributed by atoms with Gasteiger partial charge >= 0.3 is 0 Å².